The van der Waals surface area contributed by atoms with Gasteiger partial charge in [0.1, 0.15) is 11.5 Å². The SMILES string of the molecule is Cn1nnc2c1[C@H](COCc1ccccc1)CN(Cc1ccco1)C2. The lowest BCUT2D eigenvalue weighted by Gasteiger charge is -2.31. The second-order valence-electron chi connectivity index (χ2n) is 6.49. The van der Waals surface area contributed by atoms with Crippen molar-refractivity contribution in [2.45, 2.75) is 25.6 Å². The van der Waals surface area contributed by atoms with Gasteiger partial charge in [-0.25, -0.2) is 0 Å². The summed E-state index contributed by atoms with van der Waals surface area (Å²) >= 11 is 0. The molecular weight excluding hydrogens is 316 g/mol. The molecule has 1 aromatic carbocycles. The highest BCUT2D eigenvalue weighted by Gasteiger charge is 2.30. The molecule has 25 heavy (non-hydrogen) atoms. The van der Waals surface area contributed by atoms with Gasteiger partial charge in [-0.2, -0.15) is 0 Å². The summed E-state index contributed by atoms with van der Waals surface area (Å²) in [6.07, 6.45) is 1.72. The zero-order chi connectivity index (χ0) is 17.1. The molecule has 0 spiro atoms. The molecule has 3 aromatic rings. The third kappa shape index (κ3) is 3.65. The van der Waals surface area contributed by atoms with Gasteiger partial charge >= 0.3 is 0 Å². The smallest absolute Gasteiger partial charge is 0.117 e. The van der Waals surface area contributed by atoms with Crippen molar-refractivity contribution in [1.82, 2.24) is 19.9 Å². The second kappa shape index (κ2) is 7.21. The molecule has 130 valence electrons. The standard InChI is InChI=1S/C19H22N4O2/c1-22-19-16(14-24-13-15-6-3-2-4-7-15)10-23(12-18(19)20-21-22)11-17-8-5-9-25-17/h2-9,16H,10-14H2,1H3/t16-/m0/s1. The van der Waals surface area contributed by atoms with Gasteiger partial charge in [-0.3, -0.25) is 9.58 Å². The molecule has 0 N–H and O–H groups in total. The number of aryl methyl sites for hydroxylation is 1. The molecule has 4 rings (SSSR count). The lowest BCUT2D eigenvalue weighted by Crippen LogP contribution is -2.35. The van der Waals surface area contributed by atoms with Gasteiger partial charge in [0.05, 0.1) is 31.7 Å². The first-order valence-corrected chi connectivity index (χ1v) is 8.54. The Morgan fingerprint density at radius 2 is 2.08 bits per heavy atom. The van der Waals surface area contributed by atoms with E-state index in [0.717, 1.165) is 31.1 Å². The molecule has 0 saturated carbocycles. The van der Waals surface area contributed by atoms with Gasteiger partial charge in [0.15, 0.2) is 0 Å². The Labute approximate surface area is 147 Å². The molecule has 1 aliphatic heterocycles. The van der Waals surface area contributed by atoms with Gasteiger partial charge < -0.3 is 9.15 Å². The van der Waals surface area contributed by atoms with Crippen LogP contribution in [0, 0.1) is 0 Å². The van der Waals surface area contributed by atoms with Gasteiger partial charge in [0, 0.05) is 26.1 Å². The molecule has 1 aliphatic rings. The molecule has 0 unspecified atom stereocenters. The minimum Gasteiger partial charge on any atom is -0.468 e. The van der Waals surface area contributed by atoms with Crippen LogP contribution in [0.15, 0.2) is 53.1 Å². The molecule has 2 aromatic heterocycles. The minimum atomic E-state index is 0.252. The summed E-state index contributed by atoms with van der Waals surface area (Å²) in [6.45, 7) is 3.74. The lowest BCUT2D eigenvalue weighted by atomic mass is 9.99. The van der Waals surface area contributed by atoms with Crippen LogP contribution in [-0.4, -0.2) is 33.0 Å². The summed E-state index contributed by atoms with van der Waals surface area (Å²) < 4.78 is 13.4. The van der Waals surface area contributed by atoms with E-state index in [9.17, 15) is 0 Å². The first-order valence-electron chi connectivity index (χ1n) is 8.54. The number of hydrogen-bond acceptors (Lipinski definition) is 5. The number of nitrogens with zero attached hydrogens (tertiary/aromatic N) is 4. The average molecular weight is 338 g/mol. The maximum Gasteiger partial charge on any atom is 0.117 e. The van der Waals surface area contributed by atoms with Crippen molar-refractivity contribution in [3.8, 4) is 0 Å². The van der Waals surface area contributed by atoms with E-state index in [1.807, 2.05) is 42.1 Å². The quantitative estimate of drug-likeness (QED) is 0.692. The van der Waals surface area contributed by atoms with Crippen LogP contribution in [0.4, 0.5) is 0 Å². The van der Waals surface area contributed by atoms with Gasteiger partial charge in [-0.05, 0) is 17.7 Å². The third-order valence-corrected chi connectivity index (χ3v) is 4.57. The van der Waals surface area contributed by atoms with Gasteiger partial charge in [0.25, 0.3) is 0 Å². The highest BCUT2D eigenvalue weighted by atomic mass is 16.5. The molecule has 0 fully saturated rings. The molecule has 1 atom stereocenters. The zero-order valence-corrected chi connectivity index (χ0v) is 14.3. The van der Waals surface area contributed by atoms with Gasteiger partial charge in [0.2, 0.25) is 0 Å². The van der Waals surface area contributed by atoms with Crippen LogP contribution in [0.3, 0.4) is 0 Å². The van der Waals surface area contributed by atoms with Crippen LogP contribution in [0.25, 0.3) is 0 Å². The van der Waals surface area contributed by atoms with Crippen LogP contribution >= 0.6 is 0 Å². The van der Waals surface area contributed by atoms with Crippen LogP contribution in [0.1, 0.15) is 28.6 Å². The van der Waals surface area contributed by atoms with E-state index in [1.54, 1.807) is 6.26 Å². The zero-order valence-electron chi connectivity index (χ0n) is 14.3. The molecule has 6 nitrogen and oxygen atoms in total. The van der Waals surface area contributed by atoms with Crippen LogP contribution in [-0.2, 0) is 31.5 Å². The van der Waals surface area contributed by atoms with E-state index < -0.39 is 0 Å². The average Bonchev–Trinajstić information content (AvgIpc) is 3.26. The van der Waals surface area contributed by atoms with E-state index in [4.69, 9.17) is 9.15 Å². The van der Waals surface area contributed by atoms with Crippen molar-refractivity contribution >= 4 is 0 Å². The Hall–Kier alpha value is -2.44. The summed E-state index contributed by atoms with van der Waals surface area (Å²) in [7, 11) is 1.96. The fraction of sp³-hybridized carbons (Fsp3) is 0.368. The van der Waals surface area contributed by atoms with Crippen molar-refractivity contribution in [1.29, 1.82) is 0 Å². The van der Waals surface area contributed by atoms with Gasteiger partial charge in [-0.15, -0.1) is 5.10 Å². The molecule has 0 saturated heterocycles. The van der Waals surface area contributed by atoms with E-state index in [1.165, 1.54) is 11.3 Å². The number of fused-ring (bicyclic) bond motifs is 1. The fourth-order valence-electron chi connectivity index (χ4n) is 3.46. The van der Waals surface area contributed by atoms with Crippen molar-refractivity contribution in [2.24, 2.45) is 7.05 Å². The maximum atomic E-state index is 6.00. The summed E-state index contributed by atoms with van der Waals surface area (Å²) in [6, 6.07) is 14.2. The Morgan fingerprint density at radius 1 is 1.20 bits per heavy atom. The Balaban J connectivity index is 1.44. The molecule has 0 aliphatic carbocycles. The molecule has 6 heteroatoms. The lowest BCUT2D eigenvalue weighted by molar-refractivity contribution is 0.0814. The topological polar surface area (TPSA) is 56.3 Å². The van der Waals surface area contributed by atoms with E-state index in [0.29, 0.717) is 13.2 Å². The van der Waals surface area contributed by atoms with Crippen molar-refractivity contribution < 1.29 is 9.15 Å². The van der Waals surface area contributed by atoms with Crippen molar-refractivity contribution in [2.75, 3.05) is 13.2 Å². The first kappa shape index (κ1) is 16.1. The molecular formula is C19H22N4O2. The maximum absolute atomic E-state index is 6.00. The third-order valence-electron chi connectivity index (χ3n) is 4.57. The van der Waals surface area contributed by atoms with Crippen LogP contribution in [0.5, 0.6) is 0 Å². The number of hydrogen-bond donors (Lipinski definition) is 0. The second-order valence-corrected chi connectivity index (χ2v) is 6.49. The van der Waals surface area contributed by atoms with Crippen molar-refractivity contribution in [3.63, 3.8) is 0 Å². The fourth-order valence-corrected chi connectivity index (χ4v) is 3.46. The number of aromatic nitrogens is 3. The minimum absolute atomic E-state index is 0.252. The van der Waals surface area contributed by atoms with Crippen LogP contribution in [0.2, 0.25) is 0 Å². The van der Waals surface area contributed by atoms with Gasteiger partial charge in [-0.1, -0.05) is 35.5 Å². The van der Waals surface area contributed by atoms with E-state index >= 15 is 0 Å². The monoisotopic (exact) mass is 338 g/mol. The number of rotatable bonds is 6. The Morgan fingerprint density at radius 3 is 2.88 bits per heavy atom. The molecule has 0 radical (unpaired) electrons. The highest BCUT2D eigenvalue weighted by Crippen LogP contribution is 2.28. The summed E-state index contributed by atoms with van der Waals surface area (Å²) in [4.78, 5) is 2.34. The molecule has 0 amide bonds. The number of benzene rings is 1. The summed E-state index contributed by atoms with van der Waals surface area (Å²) in [5.41, 5.74) is 3.41. The first-order chi connectivity index (χ1) is 12.3. The Kier molecular flexibility index (Phi) is 4.63. The van der Waals surface area contributed by atoms with E-state index in [-0.39, 0.29) is 5.92 Å². The largest absolute Gasteiger partial charge is 0.468 e. The highest BCUT2D eigenvalue weighted by molar-refractivity contribution is 5.20. The van der Waals surface area contributed by atoms with E-state index in [2.05, 4.69) is 27.3 Å². The normalized spacial score (nSPS) is 17.6. The van der Waals surface area contributed by atoms with Crippen molar-refractivity contribution in [3.05, 3.63) is 71.4 Å². The predicted molar refractivity (Wildman–Crippen MR) is 92.7 cm³/mol. The summed E-state index contributed by atoms with van der Waals surface area (Å²) in [5.74, 6) is 1.22. The Bertz CT molecular complexity index is 798. The molecule has 3 heterocycles. The number of ether oxygens (including phenoxy) is 1. The molecule has 0 bridgehead atoms. The predicted octanol–water partition coefficient (Wildman–Crippen LogP) is 2.72. The number of furan rings is 1. The summed E-state index contributed by atoms with van der Waals surface area (Å²) in [5, 5.41) is 8.54. The van der Waals surface area contributed by atoms with Crippen LogP contribution < -0.4 is 0 Å².